The lowest BCUT2D eigenvalue weighted by Gasteiger charge is -2.25. The Morgan fingerprint density at radius 3 is 2.61 bits per heavy atom. The molecule has 2 aromatic carbocycles. The minimum absolute atomic E-state index is 0.0124. The third-order valence-corrected chi connectivity index (χ3v) is 5.24. The second-order valence-corrected chi connectivity index (χ2v) is 7.35. The number of amides is 1. The Kier molecular flexibility index (Phi) is 5.83. The van der Waals surface area contributed by atoms with Crippen LogP contribution < -0.4 is 5.32 Å². The van der Waals surface area contributed by atoms with Gasteiger partial charge in [0.15, 0.2) is 0 Å². The number of hydrogen-bond donors (Lipinski definition) is 1. The van der Waals surface area contributed by atoms with E-state index < -0.39 is 0 Å². The Balaban J connectivity index is 1.49. The van der Waals surface area contributed by atoms with Gasteiger partial charge in [-0.15, -0.1) is 0 Å². The Morgan fingerprint density at radius 2 is 1.86 bits per heavy atom. The maximum atomic E-state index is 13.0. The van der Waals surface area contributed by atoms with E-state index in [1.165, 1.54) is 12.8 Å². The zero-order valence-electron chi connectivity index (χ0n) is 16.0. The predicted octanol–water partition coefficient (Wildman–Crippen LogP) is 3.50. The number of nitrogens with one attached hydrogen (secondary N) is 1. The first-order valence-corrected chi connectivity index (χ1v) is 9.92. The van der Waals surface area contributed by atoms with Crippen LogP contribution in [0.1, 0.15) is 40.4 Å². The van der Waals surface area contributed by atoms with E-state index in [0.29, 0.717) is 12.1 Å². The van der Waals surface area contributed by atoms with Crippen LogP contribution in [0.2, 0.25) is 0 Å². The number of hydrogen-bond acceptors (Lipinski definition) is 3. The highest BCUT2D eigenvalue weighted by atomic mass is 16.1. The monoisotopic (exact) mass is 374 g/mol. The Bertz CT molecular complexity index is 886. The number of likely N-dealkylation sites (tertiary alicyclic amines) is 1. The van der Waals surface area contributed by atoms with Gasteiger partial charge in [-0.3, -0.25) is 9.48 Å². The van der Waals surface area contributed by atoms with Gasteiger partial charge in [0.25, 0.3) is 5.91 Å². The number of nitrogens with zero attached hydrogens (tertiary/aromatic N) is 3. The predicted molar refractivity (Wildman–Crippen MR) is 110 cm³/mol. The van der Waals surface area contributed by atoms with Crippen molar-refractivity contribution in [1.29, 1.82) is 0 Å². The van der Waals surface area contributed by atoms with Gasteiger partial charge in [-0.2, -0.15) is 5.10 Å². The largest absolute Gasteiger partial charge is 0.344 e. The van der Waals surface area contributed by atoms with Crippen LogP contribution in [-0.2, 0) is 6.54 Å². The summed E-state index contributed by atoms with van der Waals surface area (Å²) >= 11 is 0. The van der Waals surface area contributed by atoms with Crippen molar-refractivity contribution in [2.24, 2.45) is 0 Å². The van der Waals surface area contributed by atoms with Gasteiger partial charge in [0.1, 0.15) is 0 Å². The first-order valence-electron chi connectivity index (χ1n) is 9.92. The van der Waals surface area contributed by atoms with E-state index in [2.05, 4.69) is 27.4 Å². The lowest BCUT2D eigenvalue weighted by Crippen LogP contribution is -2.37. The van der Waals surface area contributed by atoms with Gasteiger partial charge in [0.05, 0.1) is 12.6 Å². The summed E-state index contributed by atoms with van der Waals surface area (Å²) in [5.41, 5.74) is 2.90. The molecule has 2 heterocycles. The third-order valence-electron chi connectivity index (χ3n) is 5.24. The molecular formula is C23H26N4O. The molecule has 1 amide bonds. The van der Waals surface area contributed by atoms with Gasteiger partial charge < -0.3 is 10.2 Å². The molecule has 0 bridgehead atoms. The van der Waals surface area contributed by atoms with E-state index in [4.69, 9.17) is 0 Å². The number of benzene rings is 2. The molecule has 3 aromatic rings. The second kappa shape index (κ2) is 8.85. The minimum atomic E-state index is -0.0321. The number of aromatic nitrogens is 2. The summed E-state index contributed by atoms with van der Waals surface area (Å²) in [5.74, 6) is -0.0321. The molecule has 1 saturated heterocycles. The van der Waals surface area contributed by atoms with Crippen molar-refractivity contribution in [3.8, 4) is 0 Å². The van der Waals surface area contributed by atoms with Crippen LogP contribution in [0.3, 0.4) is 0 Å². The molecule has 1 N–H and O–H groups in total. The molecule has 0 saturated carbocycles. The normalized spacial score (nSPS) is 15.4. The molecule has 5 nitrogen and oxygen atoms in total. The molecule has 1 aliphatic rings. The van der Waals surface area contributed by atoms with E-state index in [-0.39, 0.29) is 11.9 Å². The summed E-state index contributed by atoms with van der Waals surface area (Å²) in [6, 6.07) is 19.9. The van der Waals surface area contributed by atoms with Crippen molar-refractivity contribution in [3.63, 3.8) is 0 Å². The molecule has 0 aliphatic carbocycles. The highest BCUT2D eigenvalue weighted by molar-refractivity contribution is 5.94. The number of carbonyl (C=O) groups excluding carboxylic acids is 1. The van der Waals surface area contributed by atoms with Crippen LogP contribution in [0.15, 0.2) is 73.1 Å². The molecule has 28 heavy (non-hydrogen) atoms. The number of carbonyl (C=O) groups is 1. The van der Waals surface area contributed by atoms with Gasteiger partial charge in [0, 0.05) is 24.5 Å². The van der Waals surface area contributed by atoms with E-state index in [1.54, 1.807) is 6.20 Å². The highest BCUT2D eigenvalue weighted by Gasteiger charge is 2.21. The molecule has 1 aliphatic heterocycles. The van der Waals surface area contributed by atoms with E-state index in [0.717, 1.165) is 30.8 Å². The van der Waals surface area contributed by atoms with Crippen molar-refractivity contribution >= 4 is 5.91 Å². The third kappa shape index (κ3) is 4.67. The summed E-state index contributed by atoms with van der Waals surface area (Å²) in [6.45, 7) is 3.73. The second-order valence-electron chi connectivity index (χ2n) is 7.35. The zero-order valence-corrected chi connectivity index (χ0v) is 16.0. The number of rotatable bonds is 7. The summed E-state index contributed by atoms with van der Waals surface area (Å²) in [7, 11) is 0. The Morgan fingerprint density at radius 1 is 1.04 bits per heavy atom. The standard InChI is InChI=1S/C23H26N4O/c28-23(21-11-6-8-19(16-21)17-27-15-7-12-24-27)25-22(18-26-13-4-5-14-26)20-9-2-1-3-10-20/h1-3,6-12,15-16,22H,4-5,13-14,17-18H2,(H,25,28)/t22-/m0/s1. The maximum Gasteiger partial charge on any atom is 0.251 e. The fraction of sp³-hybridized carbons (Fsp3) is 0.304. The van der Waals surface area contributed by atoms with Crippen molar-refractivity contribution in [3.05, 3.63) is 89.7 Å². The molecule has 1 aromatic heterocycles. The van der Waals surface area contributed by atoms with E-state index in [1.807, 2.05) is 59.4 Å². The fourth-order valence-electron chi connectivity index (χ4n) is 3.78. The lowest BCUT2D eigenvalue weighted by molar-refractivity contribution is 0.0927. The molecule has 4 rings (SSSR count). The van der Waals surface area contributed by atoms with Gasteiger partial charge in [-0.25, -0.2) is 0 Å². The fourth-order valence-corrected chi connectivity index (χ4v) is 3.78. The summed E-state index contributed by atoms with van der Waals surface area (Å²) in [5, 5.41) is 7.50. The zero-order chi connectivity index (χ0) is 19.2. The van der Waals surface area contributed by atoms with Crippen LogP contribution in [0.25, 0.3) is 0 Å². The smallest absolute Gasteiger partial charge is 0.251 e. The molecule has 144 valence electrons. The molecule has 0 radical (unpaired) electrons. The van der Waals surface area contributed by atoms with Gasteiger partial charge in [0.2, 0.25) is 0 Å². The molecule has 1 fully saturated rings. The molecule has 1 atom stereocenters. The first-order chi connectivity index (χ1) is 13.8. The minimum Gasteiger partial charge on any atom is -0.344 e. The summed E-state index contributed by atoms with van der Waals surface area (Å²) in [4.78, 5) is 15.4. The molecule has 5 heteroatoms. The van der Waals surface area contributed by atoms with Crippen molar-refractivity contribution in [2.45, 2.75) is 25.4 Å². The molecule has 0 unspecified atom stereocenters. The molecule has 0 spiro atoms. The van der Waals surface area contributed by atoms with Crippen LogP contribution in [-0.4, -0.2) is 40.2 Å². The van der Waals surface area contributed by atoms with Crippen molar-refractivity contribution in [2.75, 3.05) is 19.6 Å². The van der Waals surface area contributed by atoms with Gasteiger partial charge in [-0.1, -0.05) is 42.5 Å². The SMILES string of the molecule is O=C(N[C@@H](CN1CCCC1)c1ccccc1)c1cccc(Cn2cccn2)c1. The van der Waals surface area contributed by atoms with Crippen molar-refractivity contribution in [1.82, 2.24) is 20.0 Å². The average Bonchev–Trinajstić information content (AvgIpc) is 3.43. The summed E-state index contributed by atoms with van der Waals surface area (Å²) < 4.78 is 1.86. The quantitative estimate of drug-likeness (QED) is 0.689. The molecular weight excluding hydrogens is 348 g/mol. The highest BCUT2D eigenvalue weighted by Crippen LogP contribution is 2.19. The maximum absolute atomic E-state index is 13.0. The van der Waals surface area contributed by atoms with E-state index in [9.17, 15) is 4.79 Å². The average molecular weight is 374 g/mol. The lowest BCUT2D eigenvalue weighted by atomic mass is 10.0. The van der Waals surface area contributed by atoms with Gasteiger partial charge >= 0.3 is 0 Å². The van der Waals surface area contributed by atoms with Crippen LogP contribution in [0.5, 0.6) is 0 Å². The topological polar surface area (TPSA) is 50.2 Å². The van der Waals surface area contributed by atoms with Gasteiger partial charge in [-0.05, 0) is 55.3 Å². The van der Waals surface area contributed by atoms with Crippen molar-refractivity contribution < 1.29 is 4.79 Å². The summed E-state index contributed by atoms with van der Waals surface area (Å²) in [6.07, 6.45) is 6.17. The Hall–Kier alpha value is -2.92. The van der Waals surface area contributed by atoms with Crippen LogP contribution in [0.4, 0.5) is 0 Å². The first kappa shape index (κ1) is 18.4. The van der Waals surface area contributed by atoms with E-state index >= 15 is 0 Å². The Labute approximate surface area is 166 Å². The van der Waals surface area contributed by atoms with Crippen LogP contribution in [0, 0.1) is 0 Å². The van der Waals surface area contributed by atoms with Crippen LogP contribution >= 0.6 is 0 Å².